The van der Waals surface area contributed by atoms with E-state index >= 15 is 0 Å². The molecule has 0 saturated heterocycles. The maximum Gasteiger partial charge on any atom is 0.252 e. The molecule has 1 aliphatic rings. The number of hydrogen-bond acceptors (Lipinski definition) is 7. The third kappa shape index (κ3) is 5.64. The summed E-state index contributed by atoms with van der Waals surface area (Å²) in [6, 6.07) is 12.5. The molecule has 0 spiro atoms. The third-order valence-corrected chi connectivity index (χ3v) is 6.90. The molecule has 9 nitrogen and oxygen atoms in total. The molecule has 1 unspecified atom stereocenters. The van der Waals surface area contributed by atoms with E-state index in [-0.39, 0.29) is 36.3 Å². The second-order valence-electron chi connectivity index (χ2n) is 8.70. The largest absolute Gasteiger partial charge is 0.454 e. The van der Waals surface area contributed by atoms with E-state index in [1.807, 2.05) is 49.6 Å². The number of thioether (sulfide) groups is 1. The average molecular weight is 510 g/mol. The maximum atomic E-state index is 13.1. The smallest absolute Gasteiger partial charge is 0.252 e. The highest BCUT2D eigenvalue weighted by Gasteiger charge is 2.27. The molecule has 36 heavy (non-hydrogen) atoms. The van der Waals surface area contributed by atoms with Gasteiger partial charge >= 0.3 is 0 Å². The van der Waals surface area contributed by atoms with E-state index in [1.54, 1.807) is 18.2 Å². The molecular formula is C26H31N5O4S. The van der Waals surface area contributed by atoms with Gasteiger partial charge in [-0.2, -0.15) is 0 Å². The quantitative estimate of drug-likeness (QED) is 0.389. The van der Waals surface area contributed by atoms with Crippen molar-refractivity contribution in [1.29, 1.82) is 0 Å². The Labute approximate surface area is 215 Å². The summed E-state index contributed by atoms with van der Waals surface area (Å²) in [6.07, 6.45) is 0.839. The molecule has 2 amide bonds. The van der Waals surface area contributed by atoms with Crippen molar-refractivity contribution in [2.45, 2.75) is 51.9 Å². The monoisotopic (exact) mass is 509 g/mol. The highest BCUT2D eigenvalue weighted by Crippen LogP contribution is 2.33. The molecule has 2 heterocycles. The minimum Gasteiger partial charge on any atom is -0.454 e. The summed E-state index contributed by atoms with van der Waals surface area (Å²) in [5.41, 5.74) is 2.40. The summed E-state index contributed by atoms with van der Waals surface area (Å²) in [7, 11) is 0. The highest BCUT2D eigenvalue weighted by atomic mass is 32.2. The van der Waals surface area contributed by atoms with Crippen molar-refractivity contribution in [3.8, 4) is 11.5 Å². The second-order valence-corrected chi connectivity index (χ2v) is 9.64. The predicted molar refractivity (Wildman–Crippen MR) is 138 cm³/mol. The topological polar surface area (TPSA) is 107 Å². The number of carbonyl (C=O) groups is 2. The Morgan fingerprint density at radius 1 is 1.08 bits per heavy atom. The van der Waals surface area contributed by atoms with Crippen LogP contribution in [0.3, 0.4) is 0 Å². The number of amides is 2. The number of ether oxygens (including phenoxy) is 2. The van der Waals surface area contributed by atoms with Gasteiger partial charge in [0, 0.05) is 17.8 Å². The minimum absolute atomic E-state index is 0.0594. The number of hydrogen-bond donors (Lipinski definition) is 2. The number of anilines is 1. The molecule has 2 aromatic carbocycles. The molecule has 3 aromatic rings. The number of rotatable bonds is 10. The van der Waals surface area contributed by atoms with Crippen molar-refractivity contribution < 1.29 is 19.1 Å². The van der Waals surface area contributed by atoms with Gasteiger partial charge in [-0.25, -0.2) is 0 Å². The summed E-state index contributed by atoms with van der Waals surface area (Å²) >= 11 is 1.33. The zero-order chi connectivity index (χ0) is 25.7. The first-order chi connectivity index (χ1) is 17.4. The fourth-order valence-electron chi connectivity index (χ4n) is 3.99. The molecule has 2 N–H and O–H groups in total. The summed E-state index contributed by atoms with van der Waals surface area (Å²) in [6.45, 7) is 8.84. The van der Waals surface area contributed by atoms with E-state index in [0.717, 1.165) is 17.7 Å². The lowest BCUT2D eigenvalue weighted by molar-refractivity contribution is -0.113. The fraction of sp³-hybridized carbons (Fsp3) is 0.385. The molecule has 0 bridgehead atoms. The van der Waals surface area contributed by atoms with Crippen molar-refractivity contribution in [3.05, 3.63) is 59.4 Å². The Morgan fingerprint density at radius 2 is 1.86 bits per heavy atom. The third-order valence-electron chi connectivity index (χ3n) is 5.93. The number of nitrogens with one attached hydrogen (secondary N) is 2. The molecular weight excluding hydrogens is 478 g/mol. The fourth-order valence-corrected chi connectivity index (χ4v) is 4.80. The van der Waals surface area contributed by atoms with Gasteiger partial charge in [0.25, 0.3) is 5.91 Å². The zero-order valence-electron chi connectivity index (χ0n) is 20.9. The molecule has 0 radical (unpaired) electrons. The van der Waals surface area contributed by atoms with Crippen LogP contribution in [0.5, 0.6) is 11.5 Å². The van der Waals surface area contributed by atoms with Crippen LogP contribution in [0.4, 0.5) is 5.69 Å². The van der Waals surface area contributed by atoms with Crippen LogP contribution in [0.15, 0.2) is 47.6 Å². The molecule has 4 rings (SSSR count). The van der Waals surface area contributed by atoms with E-state index in [9.17, 15) is 9.59 Å². The minimum atomic E-state index is -0.366. The molecule has 1 atom stereocenters. The number of benzene rings is 2. The van der Waals surface area contributed by atoms with Gasteiger partial charge in [-0.3, -0.25) is 9.59 Å². The van der Waals surface area contributed by atoms with E-state index in [4.69, 9.17) is 9.47 Å². The standard InChI is InChI=1S/C26H31N5O4S/c1-5-17-9-7-8-10-19(17)27-22(32)14-36-26-30-29-24(31(26)6-2)23(16(3)4)28-25(33)18-11-12-20-21(13-18)35-15-34-20/h7-13,16,23H,5-6,14-15H2,1-4H3,(H,27,32)(H,28,33). The van der Waals surface area contributed by atoms with Gasteiger partial charge in [0.1, 0.15) is 0 Å². The van der Waals surface area contributed by atoms with E-state index in [1.165, 1.54) is 11.8 Å². The van der Waals surface area contributed by atoms with Gasteiger partial charge in [0.05, 0.1) is 11.8 Å². The highest BCUT2D eigenvalue weighted by molar-refractivity contribution is 7.99. The average Bonchev–Trinajstić information content (AvgIpc) is 3.52. The first-order valence-corrected chi connectivity index (χ1v) is 13.0. The van der Waals surface area contributed by atoms with Crippen LogP contribution in [0.1, 0.15) is 55.5 Å². The summed E-state index contributed by atoms with van der Waals surface area (Å²) in [5, 5.41) is 15.5. The molecule has 1 aromatic heterocycles. The molecule has 0 aliphatic carbocycles. The number of carbonyl (C=O) groups excluding carboxylic acids is 2. The Balaban J connectivity index is 1.45. The predicted octanol–water partition coefficient (Wildman–Crippen LogP) is 4.45. The Hall–Kier alpha value is -3.53. The molecule has 10 heteroatoms. The van der Waals surface area contributed by atoms with Crippen LogP contribution in [0.25, 0.3) is 0 Å². The number of aryl methyl sites for hydroxylation is 1. The van der Waals surface area contributed by atoms with Gasteiger partial charge in [-0.15, -0.1) is 10.2 Å². The lowest BCUT2D eigenvalue weighted by atomic mass is 10.0. The van der Waals surface area contributed by atoms with E-state index in [0.29, 0.717) is 34.6 Å². The number of fused-ring (bicyclic) bond motifs is 1. The molecule has 0 saturated carbocycles. The first-order valence-electron chi connectivity index (χ1n) is 12.0. The molecule has 1 aliphatic heterocycles. The van der Waals surface area contributed by atoms with Gasteiger partial charge in [-0.05, 0) is 49.1 Å². The Morgan fingerprint density at radius 3 is 2.61 bits per heavy atom. The van der Waals surface area contributed by atoms with Crippen LogP contribution in [-0.4, -0.2) is 39.1 Å². The van der Waals surface area contributed by atoms with Crippen LogP contribution < -0.4 is 20.1 Å². The van der Waals surface area contributed by atoms with Gasteiger partial charge in [0.2, 0.25) is 12.7 Å². The SMILES string of the molecule is CCc1ccccc1NC(=O)CSc1nnc(C(NC(=O)c2ccc3c(c2)OCO3)C(C)C)n1CC. The number of aromatic nitrogens is 3. The van der Waals surface area contributed by atoms with Crippen molar-refractivity contribution in [2.24, 2.45) is 5.92 Å². The van der Waals surface area contributed by atoms with Crippen LogP contribution >= 0.6 is 11.8 Å². The van der Waals surface area contributed by atoms with Crippen LogP contribution in [0.2, 0.25) is 0 Å². The lowest BCUT2D eigenvalue weighted by Crippen LogP contribution is -2.33. The van der Waals surface area contributed by atoms with Crippen molar-refractivity contribution in [1.82, 2.24) is 20.1 Å². The zero-order valence-corrected chi connectivity index (χ0v) is 21.7. The van der Waals surface area contributed by atoms with Gasteiger partial charge in [-0.1, -0.05) is 50.7 Å². The van der Waals surface area contributed by atoms with Gasteiger partial charge in [0.15, 0.2) is 22.5 Å². The number of nitrogens with zero attached hydrogens (tertiary/aromatic N) is 3. The normalized spacial score (nSPS) is 13.0. The first kappa shape index (κ1) is 25.6. The van der Waals surface area contributed by atoms with Crippen LogP contribution in [0, 0.1) is 5.92 Å². The van der Waals surface area contributed by atoms with Crippen molar-refractivity contribution in [2.75, 3.05) is 17.9 Å². The lowest BCUT2D eigenvalue weighted by Gasteiger charge is -2.22. The molecule has 0 fully saturated rings. The summed E-state index contributed by atoms with van der Waals surface area (Å²) in [4.78, 5) is 25.7. The number of para-hydroxylation sites is 1. The van der Waals surface area contributed by atoms with Gasteiger partial charge < -0.3 is 24.7 Å². The Bertz CT molecular complexity index is 1240. The maximum absolute atomic E-state index is 13.1. The van der Waals surface area contributed by atoms with Crippen molar-refractivity contribution in [3.63, 3.8) is 0 Å². The summed E-state index contributed by atoms with van der Waals surface area (Å²) in [5.74, 6) is 1.75. The summed E-state index contributed by atoms with van der Waals surface area (Å²) < 4.78 is 12.7. The van der Waals surface area contributed by atoms with Crippen molar-refractivity contribution >= 4 is 29.3 Å². The van der Waals surface area contributed by atoms with E-state index < -0.39 is 0 Å². The molecule has 190 valence electrons. The van der Waals surface area contributed by atoms with E-state index in [2.05, 4.69) is 27.8 Å². The Kier molecular flexibility index (Phi) is 8.14. The second kappa shape index (κ2) is 11.5. The van der Waals surface area contributed by atoms with Crippen LogP contribution in [-0.2, 0) is 17.8 Å².